The van der Waals surface area contributed by atoms with Gasteiger partial charge in [0.15, 0.2) is 5.70 Å². The minimum absolute atomic E-state index is 0.00472. The highest BCUT2D eigenvalue weighted by atomic mass is 16.2. The highest BCUT2D eigenvalue weighted by Gasteiger charge is 2.38. The number of fused-ring (bicyclic) bond motifs is 1. The van der Waals surface area contributed by atoms with E-state index in [2.05, 4.69) is 18.2 Å². The molecule has 0 bridgehead atoms. The summed E-state index contributed by atoms with van der Waals surface area (Å²) in [5.41, 5.74) is 9.75. The number of aryl methyl sites for hydroxylation is 2. The first-order chi connectivity index (χ1) is 16.1. The number of piperidine rings is 1. The maximum absolute atomic E-state index is 13.4. The molecule has 6 heteroatoms. The number of allylic oxidation sites excluding steroid dienone is 1. The molecule has 2 unspecified atom stereocenters. The maximum atomic E-state index is 13.4. The monoisotopic (exact) mass is 443 g/mol. The Labute approximate surface area is 196 Å². The fourth-order valence-electron chi connectivity index (χ4n) is 5.39. The fraction of sp³-hybridized carbons (Fsp3) is 0.407. The summed E-state index contributed by atoms with van der Waals surface area (Å²) in [5, 5.41) is 10.9. The van der Waals surface area contributed by atoms with Crippen molar-refractivity contribution in [3.8, 4) is 6.07 Å². The topological polar surface area (TPSA) is 99.4 Å². The average Bonchev–Trinajstić information content (AvgIpc) is 2.87. The van der Waals surface area contributed by atoms with Gasteiger partial charge in [0.05, 0.1) is 5.70 Å². The quantitative estimate of drug-likeness (QED) is 0.306. The Morgan fingerprint density at radius 3 is 2.48 bits per heavy atom. The number of nitriles is 1. The van der Waals surface area contributed by atoms with Gasteiger partial charge in [-0.2, -0.15) is 5.26 Å². The second-order valence-electron chi connectivity index (χ2n) is 9.12. The molecular formula is C27H33N5O. The van der Waals surface area contributed by atoms with E-state index in [1.165, 1.54) is 12.0 Å². The molecule has 4 N–H and O–H groups in total. The molecule has 4 rings (SSSR count). The molecule has 0 spiro atoms. The number of hydrazine groups is 1. The van der Waals surface area contributed by atoms with Gasteiger partial charge < -0.3 is 10.6 Å². The summed E-state index contributed by atoms with van der Waals surface area (Å²) in [4.78, 5) is 15.2. The van der Waals surface area contributed by atoms with Crippen molar-refractivity contribution >= 4 is 11.7 Å². The fourth-order valence-corrected chi connectivity index (χ4v) is 5.39. The Morgan fingerprint density at radius 1 is 1.00 bits per heavy atom. The van der Waals surface area contributed by atoms with Gasteiger partial charge in [0, 0.05) is 18.2 Å². The zero-order valence-electron chi connectivity index (χ0n) is 19.1. The van der Waals surface area contributed by atoms with Crippen LogP contribution < -0.4 is 11.6 Å². The number of urea groups is 1. The predicted molar refractivity (Wildman–Crippen MR) is 130 cm³/mol. The van der Waals surface area contributed by atoms with Crippen LogP contribution in [0.1, 0.15) is 55.2 Å². The van der Waals surface area contributed by atoms with Crippen LogP contribution in [0.15, 0.2) is 60.3 Å². The number of nitrogens with zero attached hydrogens (tertiary/aromatic N) is 3. The van der Waals surface area contributed by atoms with Crippen LogP contribution in [0, 0.1) is 17.2 Å². The number of nitrogens with two attached hydrogens (primary N) is 2. The van der Waals surface area contributed by atoms with Crippen LogP contribution in [-0.4, -0.2) is 28.5 Å². The van der Waals surface area contributed by atoms with Crippen molar-refractivity contribution in [1.82, 2.24) is 9.91 Å². The molecule has 2 amide bonds. The molecule has 1 aliphatic carbocycles. The number of carbonyl (C=O) groups is 1. The molecule has 2 aliphatic rings. The van der Waals surface area contributed by atoms with E-state index < -0.39 is 0 Å². The molecule has 2 aromatic rings. The van der Waals surface area contributed by atoms with E-state index in [9.17, 15) is 10.1 Å². The molecule has 2 fully saturated rings. The maximum Gasteiger partial charge on any atom is 0.339 e. The van der Waals surface area contributed by atoms with Crippen LogP contribution in [0.3, 0.4) is 0 Å². The third kappa shape index (κ3) is 5.04. The Bertz CT molecular complexity index is 1040. The van der Waals surface area contributed by atoms with Crippen molar-refractivity contribution in [2.24, 2.45) is 17.5 Å². The molecule has 0 aromatic heterocycles. The third-order valence-electron chi connectivity index (χ3n) is 7.13. The van der Waals surface area contributed by atoms with E-state index in [0.717, 1.165) is 61.1 Å². The van der Waals surface area contributed by atoms with Crippen LogP contribution in [0.2, 0.25) is 0 Å². The van der Waals surface area contributed by atoms with Gasteiger partial charge in [0.1, 0.15) is 6.07 Å². The molecule has 2 aromatic carbocycles. The smallest absolute Gasteiger partial charge is 0.339 e. The Balaban J connectivity index is 1.57. The summed E-state index contributed by atoms with van der Waals surface area (Å²) in [6.07, 6.45) is 8.30. The van der Waals surface area contributed by atoms with Gasteiger partial charge in [0.2, 0.25) is 0 Å². The molecule has 2 atom stereocenters. The molecule has 33 heavy (non-hydrogen) atoms. The van der Waals surface area contributed by atoms with Gasteiger partial charge in [-0.25, -0.2) is 15.6 Å². The van der Waals surface area contributed by atoms with E-state index in [1.807, 2.05) is 47.4 Å². The second kappa shape index (κ2) is 10.5. The largest absolute Gasteiger partial charge is 0.396 e. The zero-order chi connectivity index (χ0) is 23.2. The van der Waals surface area contributed by atoms with Gasteiger partial charge in [-0.05, 0) is 55.6 Å². The molecular weight excluding hydrogens is 410 g/mol. The molecule has 1 aliphatic heterocycles. The molecule has 1 saturated carbocycles. The van der Waals surface area contributed by atoms with Crippen molar-refractivity contribution < 1.29 is 4.79 Å². The lowest BCUT2D eigenvalue weighted by Crippen LogP contribution is -2.55. The molecule has 0 radical (unpaired) electrons. The van der Waals surface area contributed by atoms with Gasteiger partial charge >= 0.3 is 6.03 Å². The Hall–Kier alpha value is -3.30. The van der Waals surface area contributed by atoms with E-state index in [4.69, 9.17) is 11.6 Å². The first-order valence-corrected chi connectivity index (χ1v) is 12.0. The lowest BCUT2D eigenvalue weighted by Gasteiger charge is -2.44. The summed E-state index contributed by atoms with van der Waals surface area (Å²) < 4.78 is 0. The number of rotatable bonds is 5. The first kappa shape index (κ1) is 22.9. The lowest BCUT2D eigenvalue weighted by molar-refractivity contribution is 0.0701. The highest BCUT2D eigenvalue weighted by Crippen LogP contribution is 2.36. The molecule has 172 valence electrons. The summed E-state index contributed by atoms with van der Waals surface area (Å²) in [6.45, 7) is 0.681. The van der Waals surface area contributed by atoms with Crippen molar-refractivity contribution in [3.05, 3.63) is 77.0 Å². The summed E-state index contributed by atoms with van der Waals surface area (Å²) in [5.74, 6) is 6.80. The number of hydrogen-bond donors (Lipinski definition) is 2. The van der Waals surface area contributed by atoms with Crippen molar-refractivity contribution in [2.45, 2.75) is 57.4 Å². The van der Waals surface area contributed by atoms with E-state index in [1.54, 1.807) is 0 Å². The summed E-state index contributed by atoms with van der Waals surface area (Å²) in [6, 6.07) is 20.0. The third-order valence-corrected chi connectivity index (χ3v) is 7.13. The minimum atomic E-state index is -0.326. The van der Waals surface area contributed by atoms with Crippen LogP contribution in [-0.2, 0) is 12.8 Å². The second-order valence-corrected chi connectivity index (χ2v) is 9.12. The summed E-state index contributed by atoms with van der Waals surface area (Å²) >= 11 is 0. The molecule has 6 nitrogen and oxygen atoms in total. The normalized spacial score (nSPS) is 20.9. The summed E-state index contributed by atoms with van der Waals surface area (Å²) in [7, 11) is 0. The lowest BCUT2D eigenvalue weighted by atomic mass is 9.78. The highest BCUT2D eigenvalue weighted by molar-refractivity contribution is 5.81. The van der Waals surface area contributed by atoms with Gasteiger partial charge in [0.25, 0.3) is 0 Å². The van der Waals surface area contributed by atoms with Crippen LogP contribution in [0.4, 0.5) is 4.79 Å². The number of hydrogen-bond acceptors (Lipinski definition) is 4. The number of benzene rings is 2. The number of carbonyl (C=O) groups excluding carboxylic acids is 1. The number of amides is 2. The van der Waals surface area contributed by atoms with Crippen LogP contribution in [0.5, 0.6) is 0 Å². The van der Waals surface area contributed by atoms with Gasteiger partial charge in [-0.1, -0.05) is 67.4 Å². The average molecular weight is 444 g/mol. The zero-order valence-corrected chi connectivity index (χ0v) is 19.1. The molecule has 1 saturated heterocycles. The number of likely N-dealkylation sites (tertiary alicyclic amines) is 1. The van der Waals surface area contributed by atoms with Crippen molar-refractivity contribution in [2.75, 3.05) is 6.54 Å². The van der Waals surface area contributed by atoms with Gasteiger partial charge in [-0.3, -0.25) is 0 Å². The van der Waals surface area contributed by atoms with Crippen molar-refractivity contribution in [3.63, 3.8) is 0 Å². The van der Waals surface area contributed by atoms with Crippen LogP contribution >= 0.6 is 0 Å². The van der Waals surface area contributed by atoms with E-state index >= 15 is 0 Å². The van der Waals surface area contributed by atoms with Gasteiger partial charge in [-0.15, -0.1) is 0 Å². The van der Waals surface area contributed by atoms with E-state index in [-0.39, 0.29) is 23.5 Å². The van der Waals surface area contributed by atoms with E-state index in [0.29, 0.717) is 12.5 Å². The SMILES string of the molecule is N#C/C(=C(/N)c1ccccc1CCc1ccccc1)N(N)C(=O)N1CCCC2CCCCC21. The Kier molecular flexibility index (Phi) is 7.31. The first-order valence-electron chi connectivity index (χ1n) is 12.0. The Morgan fingerprint density at radius 2 is 1.70 bits per heavy atom. The van der Waals surface area contributed by atoms with Crippen LogP contribution in [0.25, 0.3) is 5.70 Å². The molecule has 1 heterocycles. The standard InChI is InChI=1S/C27H33N5O/c28-19-25(32(30)27(33)31-18-8-13-22-12-5-7-15-24(22)31)26(29)23-14-6-4-11-21(23)17-16-20-9-2-1-3-10-20/h1-4,6,9-11,14,22,24H,5,7-8,12-13,15-18,29-30H2/b26-25-. The van der Waals surface area contributed by atoms with Crippen molar-refractivity contribution in [1.29, 1.82) is 5.26 Å². The predicted octanol–water partition coefficient (Wildman–Crippen LogP) is 4.57. The minimum Gasteiger partial charge on any atom is -0.396 e.